The molecule has 4 heterocycles. The fourth-order valence-electron chi connectivity index (χ4n) is 3.32. The molecule has 0 aromatic carbocycles. The maximum atomic E-state index is 4.57. The van der Waals surface area contributed by atoms with E-state index in [1.165, 1.54) is 29.5 Å². The van der Waals surface area contributed by atoms with Crippen molar-refractivity contribution in [1.82, 2.24) is 15.3 Å². The molecule has 2 aliphatic rings. The van der Waals surface area contributed by atoms with Gasteiger partial charge >= 0.3 is 0 Å². The van der Waals surface area contributed by atoms with E-state index in [-0.39, 0.29) is 0 Å². The van der Waals surface area contributed by atoms with Gasteiger partial charge in [-0.05, 0) is 37.1 Å². The highest BCUT2D eigenvalue weighted by atomic mass is 32.1. The van der Waals surface area contributed by atoms with Crippen molar-refractivity contribution < 1.29 is 0 Å². The highest BCUT2D eigenvalue weighted by Crippen LogP contribution is 2.32. The van der Waals surface area contributed by atoms with Gasteiger partial charge in [0.1, 0.15) is 12.1 Å². The van der Waals surface area contributed by atoms with Crippen LogP contribution in [0.2, 0.25) is 0 Å². The zero-order valence-corrected chi connectivity index (χ0v) is 11.9. The van der Waals surface area contributed by atoms with Gasteiger partial charge in [-0.25, -0.2) is 9.97 Å². The third-order valence-electron chi connectivity index (χ3n) is 4.33. The molecule has 2 aliphatic heterocycles. The molecule has 1 N–H and O–H groups in total. The molecule has 2 aromatic heterocycles. The minimum absolute atomic E-state index is 0.638. The number of aryl methyl sites for hydroxylation is 1. The van der Waals surface area contributed by atoms with Crippen LogP contribution in [0, 0.1) is 6.92 Å². The van der Waals surface area contributed by atoms with Crippen LogP contribution in [0.1, 0.15) is 24.8 Å². The molecular formula is C14H18N4S. The van der Waals surface area contributed by atoms with Crippen LogP contribution in [0.25, 0.3) is 10.2 Å². The van der Waals surface area contributed by atoms with Gasteiger partial charge in [-0.3, -0.25) is 0 Å². The van der Waals surface area contributed by atoms with Gasteiger partial charge in [-0.15, -0.1) is 11.3 Å². The van der Waals surface area contributed by atoms with E-state index < -0.39 is 0 Å². The highest BCUT2D eigenvalue weighted by molar-refractivity contribution is 7.18. The molecule has 0 aliphatic carbocycles. The summed E-state index contributed by atoms with van der Waals surface area (Å²) in [6, 6.07) is 1.36. The molecule has 5 heteroatoms. The number of hydrogen-bond donors (Lipinski definition) is 1. The van der Waals surface area contributed by atoms with Crippen molar-refractivity contribution in [2.45, 2.75) is 38.3 Å². The number of hydrogen-bond acceptors (Lipinski definition) is 5. The van der Waals surface area contributed by atoms with Gasteiger partial charge < -0.3 is 10.2 Å². The molecule has 2 saturated heterocycles. The van der Waals surface area contributed by atoms with Crippen LogP contribution in [0.15, 0.2) is 11.7 Å². The molecular weight excluding hydrogens is 256 g/mol. The van der Waals surface area contributed by atoms with Gasteiger partial charge in [-0.1, -0.05) is 0 Å². The van der Waals surface area contributed by atoms with Gasteiger partial charge in [0, 0.05) is 25.2 Å². The van der Waals surface area contributed by atoms with Crippen molar-refractivity contribution >= 4 is 27.4 Å². The number of anilines is 1. The summed E-state index contributed by atoms with van der Waals surface area (Å²) in [7, 11) is 0. The topological polar surface area (TPSA) is 41.0 Å². The molecule has 4 rings (SSSR count). The molecule has 0 saturated carbocycles. The zero-order chi connectivity index (χ0) is 12.8. The SMILES string of the molecule is Cc1csc2c(N3CCC4CCC(C3)N4)ncnc12. The van der Waals surface area contributed by atoms with Crippen LogP contribution in [-0.2, 0) is 0 Å². The first-order chi connectivity index (χ1) is 9.31. The second-order valence-electron chi connectivity index (χ2n) is 5.67. The van der Waals surface area contributed by atoms with Crippen LogP contribution in [0.4, 0.5) is 5.82 Å². The lowest BCUT2D eigenvalue weighted by molar-refractivity contribution is 0.563. The first kappa shape index (κ1) is 11.6. The number of thiophene rings is 1. The van der Waals surface area contributed by atoms with E-state index in [0.717, 1.165) is 30.5 Å². The van der Waals surface area contributed by atoms with E-state index in [1.807, 2.05) is 0 Å². The number of nitrogens with one attached hydrogen (secondary N) is 1. The normalized spacial score (nSPS) is 26.9. The van der Waals surface area contributed by atoms with Crippen molar-refractivity contribution in [1.29, 1.82) is 0 Å². The molecule has 2 fully saturated rings. The highest BCUT2D eigenvalue weighted by Gasteiger charge is 2.30. The summed E-state index contributed by atoms with van der Waals surface area (Å²) in [5, 5.41) is 5.91. The third kappa shape index (κ3) is 1.92. The Morgan fingerprint density at radius 2 is 2.16 bits per heavy atom. The maximum Gasteiger partial charge on any atom is 0.150 e. The molecule has 2 atom stereocenters. The van der Waals surface area contributed by atoms with E-state index in [9.17, 15) is 0 Å². The summed E-state index contributed by atoms with van der Waals surface area (Å²) in [5.41, 5.74) is 2.38. The number of fused-ring (bicyclic) bond motifs is 3. The number of rotatable bonds is 1. The van der Waals surface area contributed by atoms with Crippen LogP contribution >= 0.6 is 11.3 Å². The van der Waals surface area contributed by atoms with E-state index in [4.69, 9.17) is 0 Å². The minimum Gasteiger partial charge on any atom is -0.354 e. The molecule has 2 unspecified atom stereocenters. The van der Waals surface area contributed by atoms with Crippen LogP contribution in [-0.4, -0.2) is 35.1 Å². The average molecular weight is 274 g/mol. The molecule has 0 amide bonds. The molecule has 2 aromatic rings. The smallest absolute Gasteiger partial charge is 0.150 e. The number of nitrogens with zero attached hydrogens (tertiary/aromatic N) is 3. The van der Waals surface area contributed by atoms with Crippen LogP contribution < -0.4 is 10.2 Å². The third-order valence-corrected chi connectivity index (χ3v) is 5.42. The Morgan fingerprint density at radius 1 is 1.26 bits per heavy atom. The van der Waals surface area contributed by atoms with Crippen molar-refractivity contribution in [2.75, 3.05) is 18.0 Å². The number of aromatic nitrogens is 2. The Hall–Kier alpha value is -1.20. The summed E-state index contributed by atoms with van der Waals surface area (Å²) in [6.07, 6.45) is 5.59. The summed E-state index contributed by atoms with van der Waals surface area (Å²) in [6.45, 7) is 4.32. The van der Waals surface area contributed by atoms with E-state index in [2.05, 4.69) is 32.5 Å². The predicted molar refractivity (Wildman–Crippen MR) is 78.9 cm³/mol. The fraction of sp³-hybridized carbons (Fsp3) is 0.571. The summed E-state index contributed by atoms with van der Waals surface area (Å²) >= 11 is 1.77. The Bertz CT molecular complexity index is 609. The van der Waals surface area contributed by atoms with E-state index in [0.29, 0.717) is 6.04 Å². The van der Waals surface area contributed by atoms with E-state index >= 15 is 0 Å². The first-order valence-electron chi connectivity index (χ1n) is 7.01. The van der Waals surface area contributed by atoms with Gasteiger partial charge in [0.2, 0.25) is 0 Å². The van der Waals surface area contributed by atoms with Crippen molar-refractivity contribution in [3.05, 3.63) is 17.3 Å². The monoisotopic (exact) mass is 274 g/mol. The van der Waals surface area contributed by atoms with Crippen LogP contribution in [0.3, 0.4) is 0 Å². The van der Waals surface area contributed by atoms with Gasteiger partial charge in [0.15, 0.2) is 0 Å². The lowest BCUT2D eigenvalue weighted by atomic mass is 10.1. The average Bonchev–Trinajstić information content (AvgIpc) is 2.94. The lowest BCUT2D eigenvalue weighted by Crippen LogP contribution is -2.35. The van der Waals surface area contributed by atoms with Gasteiger partial charge in [0.05, 0.1) is 10.2 Å². The Morgan fingerprint density at radius 3 is 3.11 bits per heavy atom. The second kappa shape index (κ2) is 4.42. The second-order valence-corrected chi connectivity index (χ2v) is 6.55. The largest absolute Gasteiger partial charge is 0.354 e. The Labute approximate surface area is 116 Å². The summed E-state index contributed by atoms with van der Waals surface area (Å²) in [5.74, 6) is 1.14. The zero-order valence-electron chi connectivity index (χ0n) is 11.1. The lowest BCUT2D eigenvalue weighted by Gasteiger charge is -2.25. The van der Waals surface area contributed by atoms with Crippen molar-refractivity contribution in [2.24, 2.45) is 0 Å². The minimum atomic E-state index is 0.638. The summed E-state index contributed by atoms with van der Waals surface area (Å²) < 4.78 is 1.25. The Kier molecular flexibility index (Phi) is 2.70. The first-order valence-corrected chi connectivity index (χ1v) is 7.89. The maximum absolute atomic E-state index is 4.57. The molecule has 19 heavy (non-hydrogen) atoms. The molecule has 0 radical (unpaired) electrons. The molecule has 0 spiro atoms. The molecule has 100 valence electrons. The van der Waals surface area contributed by atoms with Crippen molar-refractivity contribution in [3.8, 4) is 0 Å². The fourth-order valence-corrected chi connectivity index (χ4v) is 4.34. The van der Waals surface area contributed by atoms with Gasteiger partial charge in [0.25, 0.3) is 0 Å². The van der Waals surface area contributed by atoms with Gasteiger partial charge in [-0.2, -0.15) is 0 Å². The van der Waals surface area contributed by atoms with Crippen LogP contribution in [0.5, 0.6) is 0 Å². The quantitative estimate of drug-likeness (QED) is 0.866. The van der Waals surface area contributed by atoms with E-state index in [1.54, 1.807) is 17.7 Å². The standard InChI is InChI=1S/C14H18N4S/c1-9-7-19-13-12(9)15-8-16-14(13)18-5-4-10-2-3-11(6-18)17-10/h7-8,10-11,17H,2-6H2,1H3. The van der Waals surface area contributed by atoms with Crippen molar-refractivity contribution in [3.63, 3.8) is 0 Å². The predicted octanol–water partition coefficient (Wildman–Crippen LogP) is 2.33. The summed E-state index contributed by atoms with van der Waals surface area (Å²) in [4.78, 5) is 11.4. The Balaban J connectivity index is 1.73. The molecule has 4 nitrogen and oxygen atoms in total. The molecule has 2 bridgehead atoms.